The molecule has 4 spiro atoms. The largest absolute Gasteiger partial charge is 2.00 e. The van der Waals surface area contributed by atoms with Crippen LogP contribution in [0, 0.1) is 0 Å². The van der Waals surface area contributed by atoms with Crippen LogP contribution in [-0.2, 0) is 65.3 Å². The number of carbonyl (C=O) groups is 8. The van der Waals surface area contributed by atoms with Crippen LogP contribution in [0.1, 0.15) is 25.7 Å². The van der Waals surface area contributed by atoms with Crippen LogP contribution in [0.25, 0.3) is 0 Å². The molecule has 0 unspecified atom stereocenters. The van der Waals surface area contributed by atoms with Crippen molar-refractivity contribution in [1.82, 2.24) is 39.2 Å². The summed E-state index contributed by atoms with van der Waals surface area (Å²) in [6.07, 6.45) is 19.5. The second-order valence-electron chi connectivity index (χ2n) is 22.7. The fraction of sp³-hybridized carbons (Fsp3) is 0.538. The number of allylic oxidation sites excluding steroid dienone is 8. The third kappa shape index (κ3) is 7.82. The smallest absolute Gasteiger partial charge is 0.264 e. The van der Waals surface area contributed by atoms with E-state index in [-0.39, 0.29) is 74.2 Å². The second-order valence-corrected chi connectivity index (χ2v) is 33.4. The molecule has 8 bridgehead atoms. The van der Waals surface area contributed by atoms with Gasteiger partial charge in [0, 0.05) is 53.9 Å². The van der Waals surface area contributed by atoms with Crippen LogP contribution in [0.5, 0.6) is 0 Å². The predicted molar refractivity (Wildman–Crippen MR) is 331 cm³/mol. The fourth-order valence-corrected chi connectivity index (χ4v) is 28.5. The molecule has 16 aliphatic heterocycles. The lowest BCUT2D eigenvalue weighted by Gasteiger charge is -2.58. The average Bonchev–Trinajstić information content (AvgIpc) is 1.54. The molecule has 16 fully saturated rings. The first-order valence-corrected chi connectivity index (χ1v) is 35.1. The average molecular weight is 1370 g/mol. The normalized spacial score (nSPS) is 43.0. The number of hydrogen-bond donors (Lipinski definition) is 8. The van der Waals surface area contributed by atoms with Gasteiger partial charge in [-0.3, -0.25) is 38.4 Å². The number of likely N-dealkylation sites (N-methyl/N-ethyl adjacent to an activating group) is 4. The Bertz CT molecular complexity index is 2920. The molecule has 0 saturated carbocycles. The highest BCUT2D eigenvalue weighted by Gasteiger charge is 2.77. The van der Waals surface area contributed by atoms with Gasteiger partial charge in [0.2, 0.25) is 19.5 Å². The molecule has 86 heavy (non-hydrogen) atoms. The van der Waals surface area contributed by atoms with E-state index in [9.17, 15) is 79.2 Å². The van der Waals surface area contributed by atoms with Crippen LogP contribution < -0.4 is 0 Å². The molecular weight excluding hydrogens is 1310 g/mol. The van der Waals surface area contributed by atoms with E-state index in [1.807, 2.05) is 24.3 Å². The van der Waals surface area contributed by atoms with Crippen molar-refractivity contribution in [3.63, 3.8) is 0 Å². The fourth-order valence-electron chi connectivity index (χ4n) is 14.2. The van der Waals surface area contributed by atoms with Crippen LogP contribution >= 0.6 is 86.4 Å². The molecule has 0 aromatic heterocycles. The first kappa shape index (κ1) is 64.4. The van der Waals surface area contributed by atoms with Crippen molar-refractivity contribution in [2.75, 3.05) is 54.6 Å². The minimum Gasteiger partial charge on any atom is -2.00 e. The molecule has 24 nitrogen and oxygen atoms in total. The Kier molecular flexibility index (Phi) is 16.3. The van der Waals surface area contributed by atoms with Gasteiger partial charge in [0.1, 0.15) is 0 Å². The van der Waals surface area contributed by atoms with Gasteiger partial charge in [-0.1, -0.05) is 116 Å². The van der Waals surface area contributed by atoms with Crippen molar-refractivity contribution < 1.29 is 79.2 Å². The van der Waals surface area contributed by atoms with Crippen LogP contribution in [0.4, 0.5) is 0 Å². The lowest BCUT2D eigenvalue weighted by atomic mass is 9.97. The van der Waals surface area contributed by atoms with Gasteiger partial charge in [-0.05, 0) is 65.5 Å². The molecule has 16 atom stereocenters. The van der Waals surface area contributed by atoms with Crippen LogP contribution in [0.15, 0.2) is 95.2 Å². The summed E-state index contributed by atoms with van der Waals surface area (Å²) < 4.78 is 0. The molecule has 20 rings (SSSR count). The molecular formula is C52H56N8O16S10-4. The van der Waals surface area contributed by atoms with Crippen molar-refractivity contribution >= 4 is 161 Å². The van der Waals surface area contributed by atoms with Gasteiger partial charge in [-0.2, -0.15) is 0 Å². The zero-order valence-electron chi connectivity index (χ0n) is 45.7. The Hall–Kier alpha value is -3.14. The molecule has 8 amide bonds. The number of aliphatic hydroxyl groups is 8. The molecule has 16 saturated heterocycles. The number of aliphatic hydroxyl groups excluding tert-OH is 8. The number of hydrogen-bond acceptors (Lipinski definition) is 24. The van der Waals surface area contributed by atoms with E-state index >= 15 is 0 Å². The van der Waals surface area contributed by atoms with Crippen molar-refractivity contribution in [2.45, 2.75) is 113 Å². The molecule has 0 aromatic carbocycles. The van der Waals surface area contributed by atoms with E-state index in [1.54, 1.807) is 76.8 Å². The quantitative estimate of drug-likeness (QED) is 0.153. The summed E-state index contributed by atoms with van der Waals surface area (Å²) in [5.74, 6) is -1.89. The predicted octanol–water partition coefficient (Wildman–Crippen LogP) is -1.22. The van der Waals surface area contributed by atoms with E-state index < -0.39 is 114 Å². The lowest BCUT2D eigenvalue weighted by molar-refractivity contribution is -0.168. The summed E-state index contributed by atoms with van der Waals surface area (Å²) in [5.41, 5.74) is 3.57. The highest BCUT2D eigenvalue weighted by molar-refractivity contribution is 8.79. The van der Waals surface area contributed by atoms with E-state index in [2.05, 4.69) is 0 Å². The van der Waals surface area contributed by atoms with Gasteiger partial charge in [-0.25, -0.2) is 0 Å². The van der Waals surface area contributed by atoms with Crippen molar-refractivity contribution in [3.05, 3.63) is 95.2 Å². The first-order chi connectivity index (χ1) is 39.9. The maximum absolute atomic E-state index is 12.9. The number of nitrogens with zero attached hydrogens (tertiary/aromatic N) is 8. The van der Waals surface area contributed by atoms with Gasteiger partial charge < -0.3 is 107 Å². The Morgan fingerprint density at radius 2 is 0.535 bits per heavy atom. The Morgan fingerprint density at radius 3 is 0.709 bits per heavy atom. The van der Waals surface area contributed by atoms with Crippen LogP contribution in [-0.4, -0.2) is 269 Å². The van der Waals surface area contributed by atoms with E-state index in [0.29, 0.717) is 25.7 Å². The third-order valence-corrected chi connectivity index (χ3v) is 33.3. The molecule has 4 aliphatic carbocycles. The lowest BCUT2D eigenvalue weighted by Crippen LogP contribution is -2.77. The highest BCUT2D eigenvalue weighted by Crippen LogP contribution is 2.69. The topological polar surface area (TPSA) is 324 Å². The monoisotopic (exact) mass is 1370 g/mol. The summed E-state index contributed by atoms with van der Waals surface area (Å²) in [7, 11) is 16.5. The highest BCUT2D eigenvalue weighted by atomic mass is 33.1. The van der Waals surface area contributed by atoms with Gasteiger partial charge in [0.05, 0.1) is 75.0 Å². The van der Waals surface area contributed by atoms with E-state index in [0.717, 1.165) is 22.3 Å². The third-order valence-electron chi connectivity index (χ3n) is 18.8. The molecule has 34 heteroatoms. The number of amides is 8. The summed E-state index contributed by atoms with van der Waals surface area (Å²) in [6.45, 7) is -1.74. The number of carbonyl (C=O) groups excluding carboxylic acids is 8. The standard InChI is InChI=1S/4C13H14N2O4S2.2S/c4*1-14-10(18)12-5-7-3-2-4-8(17)9(7)15(12)11(19)13(14,6-16)21-20-12;;/h4*2-4,8-9,16-17H,5-6H2,1H3;;/q;;;;2*-2/t4*8-,9-,12+,13+;;/m0000../s1. The summed E-state index contributed by atoms with van der Waals surface area (Å²) in [5, 5.41) is 79.9. The van der Waals surface area contributed by atoms with Crippen molar-refractivity contribution in [2.24, 2.45) is 0 Å². The molecule has 464 valence electrons. The van der Waals surface area contributed by atoms with Gasteiger partial charge in [0.15, 0.2) is 19.5 Å². The van der Waals surface area contributed by atoms with Gasteiger partial charge in [-0.15, -0.1) is 0 Å². The van der Waals surface area contributed by atoms with Gasteiger partial charge >= 0.3 is 0 Å². The Balaban J connectivity index is 0.000000118. The summed E-state index contributed by atoms with van der Waals surface area (Å²) in [6, 6.07) is -2.00. The van der Waals surface area contributed by atoms with Gasteiger partial charge in [0.25, 0.3) is 47.3 Å². The Morgan fingerprint density at radius 1 is 0.349 bits per heavy atom. The van der Waals surface area contributed by atoms with Crippen molar-refractivity contribution in [3.8, 4) is 0 Å². The van der Waals surface area contributed by atoms with Crippen LogP contribution in [0.2, 0.25) is 0 Å². The van der Waals surface area contributed by atoms with E-state index in [1.165, 1.54) is 126 Å². The SMILES string of the molecule is CN1C(=O)[C@]23CC4=CC=C[C@H](O)[C@H]4N2C(=O)[C@@]1(CO)SS3.CN1C(=O)[C@]23CC4=CC=C[C@H](O)[C@H]4N2C(=O)[C@@]1(CO)SS3.CN1C(=O)[C@]23CC4=CC=C[C@H](O)[C@H]4N2C(=O)[C@@]1(CO)SS3.CN1C(=O)[C@]23CC4=CC=C[C@H](O)[C@H]4N2C(=O)[C@@]1(CO)SS3.[S-2].[S-2]. The molecule has 20 aliphatic rings. The zero-order valence-corrected chi connectivity index (χ0v) is 53.9. The maximum atomic E-state index is 12.9. The number of piperazine rings is 4. The molecule has 0 radical (unpaired) electrons. The minimum absolute atomic E-state index is 0. The minimum atomic E-state index is -1.28. The second kappa shape index (κ2) is 21.8. The van der Waals surface area contributed by atoms with Crippen molar-refractivity contribution in [1.29, 1.82) is 0 Å². The van der Waals surface area contributed by atoms with Crippen LogP contribution in [0.3, 0.4) is 0 Å². The molecule has 16 heterocycles. The number of rotatable bonds is 4. The zero-order chi connectivity index (χ0) is 60.0. The maximum Gasteiger partial charge on any atom is 0.264 e. The van der Waals surface area contributed by atoms with E-state index in [4.69, 9.17) is 0 Å². The molecule has 8 N–H and O–H groups in total. The first-order valence-electron chi connectivity index (χ1n) is 26.5. The summed E-state index contributed by atoms with van der Waals surface area (Å²) in [4.78, 5) is 105. The number of fused-ring (bicyclic) bond motifs is 12. The Labute approximate surface area is 537 Å². The summed E-state index contributed by atoms with van der Waals surface area (Å²) >= 11 is 0. The molecule has 0 aromatic rings.